The second kappa shape index (κ2) is 7.67. The number of rotatable bonds is 5. The van der Waals surface area contributed by atoms with Crippen LogP contribution in [-0.4, -0.2) is 76.1 Å². The number of carbonyl (C=O) groups excluding carboxylic acids is 1. The number of anilines is 1. The third kappa shape index (κ3) is 3.73. The van der Waals surface area contributed by atoms with Crippen molar-refractivity contribution >= 4 is 11.8 Å². The summed E-state index contributed by atoms with van der Waals surface area (Å²) in [5.41, 5.74) is 1.39. The van der Waals surface area contributed by atoms with E-state index in [1.165, 1.54) is 0 Å². The van der Waals surface area contributed by atoms with Crippen LogP contribution in [0.15, 0.2) is 18.6 Å². The minimum atomic E-state index is -0.201. The number of aromatic nitrogens is 4. The summed E-state index contributed by atoms with van der Waals surface area (Å²) < 4.78 is 6.77. The quantitative estimate of drug-likeness (QED) is 0.794. The molecule has 0 bridgehead atoms. The zero-order valence-corrected chi connectivity index (χ0v) is 16.6. The zero-order chi connectivity index (χ0) is 20.4. The number of hydrogen-bond acceptors (Lipinski definition) is 7. The van der Waals surface area contributed by atoms with Crippen molar-refractivity contribution in [2.45, 2.75) is 18.4 Å². The van der Waals surface area contributed by atoms with Crippen LogP contribution in [-0.2, 0) is 11.8 Å². The monoisotopic (exact) mass is 396 g/mol. The van der Waals surface area contributed by atoms with E-state index in [1.54, 1.807) is 24.2 Å². The highest BCUT2D eigenvalue weighted by molar-refractivity contribution is 5.78. The molecule has 2 aliphatic rings. The van der Waals surface area contributed by atoms with Crippen molar-refractivity contribution in [2.24, 2.45) is 7.05 Å². The third-order valence-electron chi connectivity index (χ3n) is 5.61. The molecule has 2 amide bonds. The van der Waals surface area contributed by atoms with Crippen LogP contribution in [0.1, 0.15) is 18.5 Å². The first kappa shape index (κ1) is 19.1. The Bertz CT molecular complexity index is 942. The van der Waals surface area contributed by atoms with Crippen LogP contribution in [0.3, 0.4) is 0 Å². The van der Waals surface area contributed by atoms with Gasteiger partial charge in [-0.3, -0.25) is 4.68 Å². The largest absolute Gasteiger partial charge is 0.383 e. The molecule has 2 aromatic rings. The Kier molecular flexibility index (Phi) is 5.07. The van der Waals surface area contributed by atoms with Gasteiger partial charge in [0.2, 0.25) is 0 Å². The van der Waals surface area contributed by atoms with Crippen LogP contribution in [0.2, 0.25) is 0 Å². The van der Waals surface area contributed by atoms with Gasteiger partial charge in [-0.15, -0.1) is 0 Å². The summed E-state index contributed by atoms with van der Waals surface area (Å²) in [4.78, 5) is 25.3. The Morgan fingerprint density at radius 1 is 1.34 bits per heavy atom. The summed E-state index contributed by atoms with van der Waals surface area (Å²) in [6.45, 7) is 3.34. The van der Waals surface area contributed by atoms with Gasteiger partial charge in [-0.1, -0.05) is 0 Å². The van der Waals surface area contributed by atoms with Crippen molar-refractivity contribution < 1.29 is 9.53 Å². The fraction of sp³-hybridized carbons (Fsp3) is 0.526. The molecule has 2 aromatic heterocycles. The van der Waals surface area contributed by atoms with E-state index in [-0.39, 0.29) is 17.3 Å². The number of nitrogens with one attached hydrogen (secondary N) is 1. The van der Waals surface area contributed by atoms with Crippen molar-refractivity contribution in [1.29, 1.82) is 5.26 Å². The van der Waals surface area contributed by atoms with E-state index >= 15 is 0 Å². The topological polar surface area (TPSA) is 112 Å². The SMILES string of the molecule is COCCN1CC2(CCN(c3cnc(C#N)c(-c4cnn(C)c4)n3)CC2)NC1=O. The molecule has 1 spiro atoms. The van der Waals surface area contributed by atoms with E-state index < -0.39 is 0 Å². The number of nitriles is 1. The number of aryl methyl sites for hydroxylation is 1. The van der Waals surface area contributed by atoms with Gasteiger partial charge in [0.1, 0.15) is 17.6 Å². The normalized spacial score (nSPS) is 18.2. The molecule has 152 valence electrons. The molecule has 4 heterocycles. The molecular formula is C19H24N8O2. The van der Waals surface area contributed by atoms with Crippen LogP contribution < -0.4 is 10.2 Å². The van der Waals surface area contributed by atoms with Crippen molar-refractivity contribution in [2.75, 3.05) is 44.8 Å². The Hall–Kier alpha value is -3.19. The number of piperidine rings is 1. The second-order valence-corrected chi connectivity index (χ2v) is 7.55. The predicted octanol–water partition coefficient (Wildman–Crippen LogP) is 0.759. The lowest BCUT2D eigenvalue weighted by atomic mass is 9.88. The van der Waals surface area contributed by atoms with Crippen LogP contribution in [0, 0.1) is 11.3 Å². The number of methoxy groups -OCH3 is 1. The molecular weight excluding hydrogens is 372 g/mol. The number of amides is 2. The lowest BCUT2D eigenvalue weighted by molar-refractivity contribution is 0.157. The average Bonchev–Trinajstić information content (AvgIpc) is 3.29. The summed E-state index contributed by atoms with van der Waals surface area (Å²) >= 11 is 0. The van der Waals surface area contributed by atoms with Crippen molar-refractivity contribution in [3.05, 3.63) is 24.3 Å². The standard InChI is InChI=1S/C19H24N8O2/c1-25-12-14(10-22-25)17-15(9-20)21-11-16(23-17)26-5-3-19(4-6-26)13-27(7-8-29-2)18(28)24-19/h10-12H,3-8,13H2,1-2H3,(H,24,28). The summed E-state index contributed by atoms with van der Waals surface area (Å²) in [7, 11) is 3.46. The molecule has 0 aromatic carbocycles. The molecule has 2 saturated heterocycles. The minimum absolute atomic E-state index is 0.0208. The molecule has 0 unspecified atom stereocenters. The van der Waals surface area contributed by atoms with Crippen molar-refractivity contribution in [3.63, 3.8) is 0 Å². The molecule has 10 nitrogen and oxygen atoms in total. The smallest absolute Gasteiger partial charge is 0.318 e. The number of nitrogens with zero attached hydrogens (tertiary/aromatic N) is 7. The summed E-state index contributed by atoms with van der Waals surface area (Å²) in [6, 6.07) is 2.09. The van der Waals surface area contributed by atoms with E-state index in [2.05, 4.69) is 26.4 Å². The van der Waals surface area contributed by atoms with Gasteiger partial charge in [-0.05, 0) is 12.8 Å². The molecule has 2 fully saturated rings. The van der Waals surface area contributed by atoms with Gasteiger partial charge < -0.3 is 19.9 Å². The maximum absolute atomic E-state index is 12.3. The van der Waals surface area contributed by atoms with Gasteiger partial charge in [-0.25, -0.2) is 14.8 Å². The number of urea groups is 1. The summed E-state index contributed by atoms with van der Waals surface area (Å²) in [6.07, 6.45) is 6.80. The van der Waals surface area contributed by atoms with Gasteiger partial charge in [0, 0.05) is 52.1 Å². The molecule has 0 saturated carbocycles. The highest BCUT2D eigenvalue weighted by atomic mass is 16.5. The third-order valence-corrected chi connectivity index (χ3v) is 5.61. The average molecular weight is 396 g/mol. The highest BCUT2D eigenvalue weighted by Crippen LogP contribution is 2.31. The summed E-state index contributed by atoms with van der Waals surface area (Å²) in [5.74, 6) is 0.735. The molecule has 2 aliphatic heterocycles. The Morgan fingerprint density at radius 3 is 2.79 bits per heavy atom. The van der Waals surface area contributed by atoms with Crippen LogP contribution in [0.4, 0.5) is 10.6 Å². The van der Waals surface area contributed by atoms with Crippen molar-refractivity contribution in [3.8, 4) is 17.3 Å². The fourth-order valence-electron chi connectivity index (χ4n) is 3.97. The van der Waals surface area contributed by atoms with Crippen LogP contribution in [0.25, 0.3) is 11.3 Å². The number of carbonyl (C=O) groups is 1. The first-order valence-corrected chi connectivity index (χ1v) is 9.61. The van der Waals surface area contributed by atoms with Crippen molar-refractivity contribution in [1.82, 2.24) is 30.0 Å². The van der Waals surface area contributed by atoms with E-state index in [9.17, 15) is 10.1 Å². The lowest BCUT2D eigenvalue weighted by Crippen LogP contribution is -2.52. The van der Waals surface area contributed by atoms with Crippen LogP contribution in [0.5, 0.6) is 0 Å². The first-order chi connectivity index (χ1) is 14.0. The van der Waals surface area contributed by atoms with E-state index in [4.69, 9.17) is 9.72 Å². The Labute approximate surface area is 169 Å². The predicted molar refractivity (Wildman–Crippen MR) is 105 cm³/mol. The fourth-order valence-corrected chi connectivity index (χ4v) is 3.97. The highest BCUT2D eigenvalue weighted by Gasteiger charge is 2.44. The maximum Gasteiger partial charge on any atom is 0.318 e. The Morgan fingerprint density at radius 2 is 2.14 bits per heavy atom. The van der Waals surface area contributed by atoms with Gasteiger partial charge in [-0.2, -0.15) is 10.4 Å². The van der Waals surface area contributed by atoms with Gasteiger partial charge >= 0.3 is 6.03 Å². The molecule has 0 radical (unpaired) electrons. The molecule has 4 rings (SSSR count). The first-order valence-electron chi connectivity index (χ1n) is 9.61. The maximum atomic E-state index is 12.3. The summed E-state index contributed by atoms with van der Waals surface area (Å²) in [5, 5.41) is 16.7. The lowest BCUT2D eigenvalue weighted by Gasteiger charge is -2.39. The second-order valence-electron chi connectivity index (χ2n) is 7.55. The molecule has 10 heteroatoms. The number of hydrogen-bond donors (Lipinski definition) is 1. The van der Waals surface area contributed by atoms with E-state index in [0.29, 0.717) is 25.4 Å². The molecule has 1 N–H and O–H groups in total. The number of ether oxygens (including phenoxy) is 1. The van der Waals surface area contributed by atoms with E-state index in [1.807, 2.05) is 18.1 Å². The minimum Gasteiger partial charge on any atom is -0.383 e. The molecule has 29 heavy (non-hydrogen) atoms. The van der Waals surface area contributed by atoms with E-state index in [0.717, 1.165) is 37.3 Å². The Balaban J connectivity index is 1.48. The van der Waals surface area contributed by atoms with Crippen LogP contribution >= 0.6 is 0 Å². The molecule has 0 atom stereocenters. The molecule has 0 aliphatic carbocycles. The van der Waals surface area contributed by atoms with Gasteiger partial charge in [0.05, 0.1) is 24.5 Å². The van der Waals surface area contributed by atoms with Gasteiger partial charge in [0.15, 0.2) is 5.69 Å². The van der Waals surface area contributed by atoms with Gasteiger partial charge in [0.25, 0.3) is 0 Å². The zero-order valence-electron chi connectivity index (χ0n) is 16.6.